The molecule has 2 aliphatic rings. The first-order valence-corrected chi connectivity index (χ1v) is 11.0. The van der Waals surface area contributed by atoms with Crippen LogP contribution < -0.4 is 15.4 Å². The molecule has 0 saturated heterocycles. The molecule has 1 heterocycles. The minimum atomic E-state index is -0.686. The molecule has 5 nitrogen and oxygen atoms in total. The third-order valence-electron chi connectivity index (χ3n) is 6.21. The number of nitrogens with one attached hydrogen (secondary N) is 2. The van der Waals surface area contributed by atoms with Crippen LogP contribution in [0.3, 0.4) is 0 Å². The molecule has 1 aliphatic carbocycles. The summed E-state index contributed by atoms with van der Waals surface area (Å²) < 4.78 is 5.92. The number of amides is 1. The average molecular weight is 419 g/mol. The van der Waals surface area contributed by atoms with Crippen LogP contribution in [-0.4, -0.2) is 23.7 Å². The molecule has 1 aliphatic heterocycles. The van der Waals surface area contributed by atoms with E-state index in [4.69, 9.17) is 11.2 Å². The second-order valence-corrected chi connectivity index (χ2v) is 9.52. The van der Waals surface area contributed by atoms with Crippen molar-refractivity contribution in [3.8, 4) is 23.8 Å². The number of carbonyl (C=O) groups is 1. The van der Waals surface area contributed by atoms with Gasteiger partial charge >= 0.3 is 0 Å². The smallest absolute Gasteiger partial charge is 0.267 e. The molecule has 0 unspecified atom stereocenters. The van der Waals surface area contributed by atoms with E-state index in [2.05, 4.69) is 43.4 Å². The van der Waals surface area contributed by atoms with Crippen LogP contribution in [0.2, 0.25) is 0 Å². The Labute approximate surface area is 184 Å². The van der Waals surface area contributed by atoms with E-state index in [9.17, 15) is 9.90 Å². The summed E-state index contributed by atoms with van der Waals surface area (Å²) in [6, 6.07) is 9.19. The zero-order chi connectivity index (χ0) is 22.2. The maximum absolute atomic E-state index is 13.0. The maximum Gasteiger partial charge on any atom is 0.267 e. The Kier molecular flexibility index (Phi) is 5.58. The first kappa shape index (κ1) is 21.1. The van der Waals surface area contributed by atoms with Crippen LogP contribution in [0.4, 0.5) is 11.4 Å². The number of anilines is 2. The fourth-order valence-corrected chi connectivity index (χ4v) is 4.51. The predicted molar refractivity (Wildman–Crippen MR) is 124 cm³/mol. The van der Waals surface area contributed by atoms with E-state index >= 15 is 0 Å². The van der Waals surface area contributed by atoms with Crippen molar-refractivity contribution in [2.24, 2.45) is 0 Å². The molecule has 1 atom stereocenters. The molecule has 2 aromatic rings. The SMILES string of the molecule is C#Cc1ccc2c(c1)NC[C@H](C(=O)Nc1cc(O)c(C3CCCC3)cc1C(C)(C)C)O2. The molecule has 0 spiro atoms. The highest BCUT2D eigenvalue weighted by molar-refractivity contribution is 5.96. The van der Waals surface area contributed by atoms with Gasteiger partial charge in [-0.15, -0.1) is 6.42 Å². The van der Waals surface area contributed by atoms with Gasteiger partial charge in [0.05, 0.1) is 12.2 Å². The molecule has 1 saturated carbocycles. The third kappa shape index (κ3) is 4.34. The van der Waals surface area contributed by atoms with Gasteiger partial charge in [-0.05, 0) is 59.6 Å². The summed E-state index contributed by atoms with van der Waals surface area (Å²) in [6.45, 7) is 6.69. The molecular formula is C26H30N2O3. The van der Waals surface area contributed by atoms with E-state index in [1.54, 1.807) is 18.2 Å². The molecule has 0 aromatic heterocycles. The second kappa shape index (κ2) is 8.19. The van der Waals surface area contributed by atoms with Gasteiger partial charge in [-0.1, -0.05) is 39.5 Å². The molecular weight excluding hydrogens is 388 g/mol. The minimum Gasteiger partial charge on any atom is -0.508 e. The van der Waals surface area contributed by atoms with Crippen molar-refractivity contribution in [3.05, 3.63) is 47.0 Å². The van der Waals surface area contributed by atoms with E-state index in [-0.39, 0.29) is 17.1 Å². The molecule has 2 aromatic carbocycles. The summed E-state index contributed by atoms with van der Waals surface area (Å²) in [5.41, 5.74) is 4.00. The summed E-state index contributed by atoms with van der Waals surface area (Å²) in [4.78, 5) is 13.0. The van der Waals surface area contributed by atoms with Gasteiger partial charge in [-0.3, -0.25) is 4.79 Å². The highest BCUT2D eigenvalue weighted by atomic mass is 16.5. The normalized spacial score (nSPS) is 18.5. The number of fused-ring (bicyclic) bond motifs is 1. The van der Waals surface area contributed by atoms with Gasteiger partial charge < -0.3 is 20.5 Å². The number of phenolic OH excluding ortho intramolecular Hbond substituents is 1. The fraction of sp³-hybridized carbons (Fsp3) is 0.423. The van der Waals surface area contributed by atoms with E-state index < -0.39 is 6.10 Å². The number of aromatic hydroxyl groups is 1. The van der Waals surface area contributed by atoms with Crippen LogP contribution in [0.25, 0.3) is 0 Å². The highest BCUT2D eigenvalue weighted by Gasteiger charge is 2.30. The van der Waals surface area contributed by atoms with Crippen molar-refractivity contribution < 1.29 is 14.6 Å². The Morgan fingerprint density at radius 2 is 1.97 bits per heavy atom. The number of terminal acetylenes is 1. The molecule has 0 radical (unpaired) electrons. The average Bonchev–Trinajstić information content (AvgIpc) is 3.26. The van der Waals surface area contributed by atoms with Crippen molar-refractivity contribution in [2.75, 3.05) is 17.2 Å². The lowest BCUT2D eigenvalue weighted by molar-refractivity contribution is -0.122. The van der Waals surface area contributed by atoms with Gasteiger partial charge in [0, 0.05) is 17.3 Å². The van der Waals surface area contributed by atoms with Crippen molar-refractivity contribution in [1.82, 2.24) is 0 Å². The van der Waals surface area contributed by atoms with E-state index in [0.717, 1.165) is 35.2 Å². The van der Waals surface area contributed by atoms with E-state index in [0.29, 0.717) is 23.9 Å². The first-order valence-electron chi connectivity index (χ1n) is 11.0. The molecule has 4 rings (SSSR count). The predicted octanol–water partition coefficient (Wildman–Crippen LogP) is 5.14. The number of hydrogen-bond acceptors (Lipinski definition) is 4. The fourth-order valence-electron chi connectivity index (χ4n) is 4.51. The van der Waals surface area contributed by atoms with Gasteiger partial charge in [0.15, 0.2) is 6.10 Å². The first-order chi connectivity index (χ1) is 14.8. The quantitative estimate of drug-likeness (QED) is 0.604. The van der Waals surface area contributed by atoms with E-state index in [1.807, 2.05) is 6.07 Å². The number of carbonyl (C=O) groups excluding carboxylic acids is 1. The Balaban J connectivity index is 1.57. The van der Waals surface area contributed by atoms with Crippen LogP contribution >= 0.6 is 0 Å². The summed E-state index contributed by atoms with van der Waals surface area (Å²) in [5, 5.41) is 17.0. The molecule has 1 fully saturated rings. The number of rotatable bonds is 3. The van der Waals surface area contributed by atoms with Crippen LogP contribution in [0.15, 0.2) is 30.3 Å². The van der Waals surface area contributed by atoms with E-state index in [1.165, 1.54) is 12.8 Å². The van der Waals surface area contributed by atoms with Gasteiger partial charge in [0.2, 0.25) is 0 Å². The molecule has 0 bridgehead atoms. The van der Waals surface area contributed by atoms with Gasteiger partial charge in [-0.2, -0.15) is 0 Å². The summed E-state index contributed by atoms with van der Waals surface area (Å²) in [7, 11) is 0. The standard InChI is InChI=1S/C26H30N2O3/c1-5-16-10-11-23-21(12-16)27-15-24(31-23)25(30)28-20-14-22(29)18(17-8-6-7-9-17)13-19(20)26(2,3)4/h1,10-14,17,24,27,29H,6-9,15H2,2-4H3,(H,28,30)/t24-/m1/s1. The summed E-state index contributed by atoms with van der Waals surface area (Å²) in [6.07, 6.45) is 9.37. The topological polar surface area (TPSA) is 70.6 Å². The molecule has 31 heavy (non-hydrogen) atoms. The number of phenols is 1. The van der Waals surface area contributed by atoms with Crippen molar-refractivity contribution in [1.29, 1.82) is 0 Å². The monoisotopic (exact) mass is 418 g/mol. The Bertz CT molecular complexity index is 1040. The number of ether oxygens (including phenoxy) is 1. The second-order valence-electron chi connectivity index (χ2n) is 9.52. The minimum absolute atomic E-state index is 0.187. The molecule has 3 N–H and O–H groups in total. The summed E-state index contributed by atoms with van der Waals surface area (Å²) >= 11 is 0. The lowest BCUT2D eigenvalue weighted by Crippen LogP contribution is -2.41. The van der Waals surface area contributed by atoms with Crippen molar-refractivity contribution >= 4 is 17.3 Å². The Hall–Kier alpha value is -3.13. The van der Waals surface area contributed by atoms with Gasteiger partial charge in [0.1, 0.15) is 11.5 Å². The lowest BCUT2D eigenvalue weighted by atomic mass is 9.82. The maximum atomic E-state index is 13.0. The van der Waals surface area contributed by atoms with Crippen LogP contribution in [0.1, 0.15) is 69.1 Å². The van der Waals surface area contributed by atoms with Gasteiger partial charge in [-0.25, -0.2) is 0 Å². The van der Waals surface area contributed by atoms with Crippen LogP contribution in [0.5, 0.6) is 11.5 Å². The Morgan fingerprint density at radius 1 is 1.23 bits per heavy atom. The Morgan fingerprint density at radius 3 is 2.65 bits per heavy atom. The number of benzene rings is 2. The molecule has 1 amide bonds. The third-order valence-corrected chi connectivity index (χ3v) is 6.21. The van der Waals surface area contributed by atoms with Crippen molar-refractivity contribution in [3.63, 3.8) is 0 Å². The largest absolute Gasteiger partial charge is 0.508 e. The van der Waals surface area contributed by atoms with Gasteiger partial charge in [0.25, 0.3) is 5.91 Å². The highest BCUT2D eigenvalue weighted by Crippen LogP contribution is 2.43. The molecule has 162 valence electrons. The number of hydrogen-bond donors (Lipinski definition) is 3. The zero-order valence-electron chi connectivity index (χ0n) is 18.4. The van der Waals surface area contributed by atoms with Crippen LogP contribution in [-0.2, 0) is 10.2 Å². The van der Waals surface area contributed by atoms with Crippen LogP contribution in [0, 0.1) is 12.3 Å². The lowest BCUT2D eigenvalue weighted by Gasteiger charge is -2.29. The molecule has 5 heteroatoms. The van der Waals surface area contributed by atoms with Crippen molar-refractivity contribution in [2.45, 2.75) is 63.9 Å². The summed E-state index contributed by atoms with van der Waals surface area (Å²) in [5.74, 6) is 3.59. The zero-order valence-corrected chi connectivity index (χ0v) is 18.4.